The van der Waals surface area contributed by atoms with Crippen LogP contribution in [0.2, 0.25) is 0 Å². The summed E-state index contributed by atoms with van der Waals surface area (Å²) < 4.78 is 11.3. The highest BCUT2D eigenvalue weighted by molar-refractivity contribution is 5.66. The van der Waals surface area contributed by atoms with Crippen LogP contribution in [0.5, 0.6) is 0 Å². The lowest BCUT2D eigenvalue weighted by atomic mass is 9.44. The van der Waals surface area contributed by atoms with Crippen molar-refractivity contribution in [1.82, 2.24) is 0 Å². The minimum Gasteiger partial charge on any atom is -0.463 e. The molecule has 4 aliphatic carbocycles. The zero-order chi connectivity index (χ0) is 21.0. The predicted molar refractivity (Wildman–Crippen MR) is 112 cm³/mol. The van der Waals surface area contributed by atoms with Gasteiger partial charge in [0, 0.05) is 19.8 Å². The molecule has 0 amide bonds. The Balaban J connectivity index is 1.50. The molecule has 0 heterocycles. The summed E-state index contributed by atoms with van der Waals surface area (Å²) in [6.07, 6.45) is 11.2. The highest BCUT2D eigenvalue weighted by atomic mass is 16.5. The van der Waals surface area contributed by atoms with Crippen molar-refractivity contribution in [2.45, 2.75) is 105 Å². The lowest BCUT2D eigenvalue weighted by Crippen LogP contribution is -2.54. The van der Waals surface area contributed by atoms with Crippen LogP contribution in [-0.4, -0.2) is 24.1 Å². The number of carbonyl (C=O) groups excluding carboxylic acids is 2. The van der Waals surface area contributed by atoms with E-state index >= 15 is 0 Å². The molecule has 0 aromatic rings. The van der Waals surface area contributed by atoms with E-state index in [9.17, 15) is 9.59 Å². The molecule has 4 nitrogen and oxygen atoms in total. The summed E-state index contributed by atoms with van der Waals surface area (Å²) >= 11 is 0. The van der Waals surface area contributed by atoms with E-state index in [1.165, 1.54) is 51.9 Å². The van der Waals surface area contributed by atoms with Crippen molar-refractivity contribution < 1.29 is 19.1 Å². The first kappa shape index (κ1) is 21.2. The second-order valence-electron chi connectivity index (χ2n) is 11.2. The molecule has 164 valence electrons. The lowest BCUT2D eigenvalue weighted by Gasteiger charge is -2.61. The fourth-order valence-electron chi connectivity index (χ4n) is 8.72. The van der Waals surface area contributed by atoms with E-state index in [0.29, 0.717) is 22.7 Å². The molecule has 9 atom stereocenters. The highest BCUT2D eigenvalue weighted by Gasteiger charge is 2.61. The SMILES string of the molecule is CC(=O)O[C@@H]1CC[C@@]2(C)[C@H](CC[C@H]3[C@H]4CC[C@@H]([C@@H](C)OC(C)=O)[C@@]4(C)CC[C@@H]32)C1. The second kappa shape index (κ2) is 7.57. The Bertz CT molecular complexity index is 659. The molecule has 0 spiro atoms. The molecule has 0 aromatic carbocycles. The summed E-state index contributed by atoms with van der Waals surface area (Å²) in [7, 11) is 0. The third-order valence-corrected chi connectivity index (χ3v) is 9.94. The van der Waals surface area contributed by atoms with Crippen molar-refractivity contribution >= 4 is 11.9 Å². The predicted octanol–water partition coefficient (Wildman–Crippen LogP) is 5.53. The van der Waals surface area contributed by atoms with Crippen LogP contribution in [0.1, 0.15) is 92.4 Å². The number of rotatable bonds is 3. The van der Waals surface area contributed by atoms with Crippen molar-refractivity contribution in [1.29, 1.82) is 0 Å². The van der Waals surface area contributed by atoms with Crippen molar-refractivity contribution in [2.24, 2.45) is 40.4 Å². The van der Waals surface area contributed by atoms with Crippen molar-refractivity contribution in [3.05, 3.63) is 0 Å². The van der Waals surface area contributed by atoms with Crippen LogP contribution in [0.4, 0.5) is 0 Å². The van der Waals surface area contributed by atoms with Crippen LogP contribution in [-0.2, 0) is 19.1 Å². The van der Waals surface area contributed by atoms with Gasteiger partial charge in [-0.15, -0.1) is 0 Å². The van der Waals surface area contributed by atoms with Gasteiger partial charge in [0.25, 0.3) is 0 Å². The molecule has 0 unspecified atom stereocenters. The lowest BCUT2D eigenvalue weighted by molar-refractivity contribution is -0.164. The Kier molecular flexibility index (Phi) is 5.53. The standard InChI is InChI=1S/C25H40O4/c1-15(28-16(2)26)21-8-9-22-20-7-6-18-14-19(29-17(3)27)10-12-24(18,4)23(20)11-13-25(21,22)5/h15,18-23H,6-14H2,1-5H3/t15-,18-,19-,20+,21+,22-,23+,24+,25-/m1/s1. The summed E-state index contributed by atoms with van der Waals surface area (Å²) in [6, 6.07) is 0. The molecule has 0 radical (unpaired) electrons. The number of esters is 2. The number of carbonyl (C=O) groups is 2. The Morgan fingerprint density at radius 1 is 0.862 bits per heavy atom. The maximum Gasteiger partial charge on any atom is 0.302 e. The summed E-state index contributed by atoms with van der Waals surface area (Å²) in [5.41, 5.74) is 0.717. The summed E-state index contributed by atoms with van der Waals surface area (Å²) in [5.74, 6) is 3.32. The van der Waals surface area contributed by atoms with Crippen LogP contribution in [0.25, 0.3) is 0 Å². The van der Waals surface area contributed by atoms with Crippen molar-refractivity contribution in [3.8, 4) is 0 Å². The normalized spacial score (nSPS) is 47.3. The molecule has 4 fully saturated rings. The zero-order valence-electron chi connectivity index (χ0n) is 19.0. The van der Waals surface area contributed by atoms with Crippen LogP contribution in [0, 0.1) is 40.4 Å². The van der Waals surface area contributed by atoms with Gasteiger partial charge in [-0.1, -0.05) is 13.8 Å². The van der Waals surface area contributed by atoms with Crippen LogP contribution >= 0.6 is 0 Å². The summed E-state index contributed by atoms with van der Waals surface area (Å²) in [6.45, 7) is 10.2. The van der Waals surface area contributed by atoms with Crippen LogP contribution in [0.3, 0.4) is 0 Å². The minimum atomic E-state index is -0.143. The maximum atomic E-state index is 11.5. The topological polar surface area (TPSA) is 52.6 Å². The molecule has 4 rings (SSSR count). The number of hydrogen-bond acceptors (Lipinski definition) is 4. The van der Waals surface area contributed by atoms with Crippen molar-refractivity contribution in [2.75, 3.05) is 0 Å². The monoisotopic (exact) mass is 404 g/mol. The van der Waals surface area contributed by atoms with Gasteiger partial charge in [-0.05, 0) is 99.2 Å². The second-order valence-corrected chi connectivity index (χ2v) is 11.2. The van der Waals surface area contributed by atoms with Gasteiger partial charge in [0.15, 0.2) is 0 Å². The molecule has 0 bridgehead atoms. The fourth-order valence-corrected chi connectivity index (χ4v) is 8.72. The molecule has 4 saturated carbocycles. The summed E-state index contributed by atoms with van der Waals surface area (Å²) in [4.78, 5) is 23.0. The molecule has 0 aromatic heterocycles. The van der Waals surface area contributed by atoms with E-state index in [0.717, 1.165) is 30.6 Å². The number of hydrogen-bond donors (Lipinski definition) is 0. The van der Waals surface area contributed by atoms with Crippen molar-refractivity contribution in [3.63, 3.8) is 0 Å². The van der Waals surface area contributed by atoms with E-state index in [1.807, 2.05) is 0 Å². The average molecular weight is 405 g/mol. The molecule has 4 aliphatic rings. The van der Waals surface area contributed by atoms with E-state index in [-0.39, 0.29) is 24.1 Å². The molecule has 29 heavy (non-hydrogen) atoms. The average Bonchev–Trinajstić information content (AvgIpc) is 2.98. The molecule has 4 heteroatoms. The third kappa shape index (κ3) is 3.53. The van der Waals surface area contributed by atoms with E-state index in [2.05, 4.69) is 20.8 Å². The first-order chi connectivity index (χ1) is 13.6. The highest BCUT2D eigenvalue weighted by Crippen LogP contribution is 2.68. The van der Waals surface area contributed by atoms with E-state index < -0.39 is 0 Å². The largest absolute Gasteiger partial charge is 0.463 e. The molecular formula is C25H40O4. The summed E-state index contributed by atoms with van der Waals surface area (Å²) in [5, 5.41) is 0. The van der Waals surface area contributed by atoms with Crippen LogP contribution < -0.4 is 0 Å². The van der Waals surface area contributed by atoms with Crippen LogP contribution in [0.15, 0.2) is 0 Å². The van der Waals surface area contributed by atoms with E-state index in [4.69, 9.17) is 9.47 Å². The van der Waals surface area contributed by atoms with Gasteiger partial charge in [-0.3, -0.25) is 9.59 Å². The molecule has 0 saturated heterocycles. The maximum absolute atomic E-state index is 11.5. The Labute approximate surface area is 176 Å². The fraction of sp³-hybridized carbons (Fsp3) is 0.920. The number of fused-ring (bicyclic) bond motifs is 5. The Morgan fingerprint density at radius 2 is 1.55 bits per heavy atom. The third-order valence-electron chi connectivity index (χ3n) is 9.94. The van der Waals surface area contributed by atoms with Gasteiger partial charge < -0.3 is 9.47 Å². The number of ether oxygens (including phenoxy) is 2. The van der Waals surface area contributed by atoms with Gasteiger partial charge in [0.2, 0.25) is 0 Å². The van der Waals surface area contributed by atoms with Gasteiger partial charge >= 0.3 is 11.9 Å². The Hall–Kier alpha value is -1.06. The van der Waals surface area contributed by atoms with Gasteiger partial charge in [-0.25, -0.2) is 0 Å². The smallest absolute Gasteiger partial charge is 0.302 e. The minimum absolute atomic E-state index is 0.0325. The Morgan fingerprint density at radius 3 is 2.24 bits per heavy atom. The first-order valence-electron chi connectivity index (χ1n) is 12.0. The zero-order valence-corrected chi connectivity index (χ0v) is 19.0. The molecular weight excluding hydrogens is 364 g/mol. The molecule has 0 aliphatic heterocycles. The first-order valence-corrected chi connectivity index (χ1v) is 12.0. The molecule has 0 N–H and O–H groups in total. The van der Waals surface area contributed by atoms with Gasteiger partial charge in [0.1, 0.15) is 12.2 Å². The van der Waals surface area contributed by atoms with Gasteiger partial charge in [-0.2, -0.15) is 0 Å². The van der Waals surface area contributed by atoms with Gasteiger partial charge in [0.05, 0.1) is 0 Å². The van der Waals surface area contributed by atoms with E-state index in [1.54, 1.807) is 6.92 Å². The quantitative estimate of drug-likeness (QED) is 0.581.